The standard InChI is InChI=1S/C42H36ClF3N8O6/c1-24-35-33(41(60-24)13-16-52(17-14-41)39(57)34-31(59-23-25-6-3-2-4-7-25)20-27-8-5-15-47-36(27)49-34)38(56)54-40(50-37(51-54)26-11-18-58-19-12-26)53(35)22-32(55)48-30-10-9-28(21-29(30)43)42(44,45)46/h2-11,15,20-21,24H,12-14,16-19,22-23H2,1H3,(H,48,55)/t24-/m1/s1. The van der Waals surface area contributed by atoms with Crippen LogP contribution in [0.25, 0.3) is 22.4 Å². The summed E-state index contributed by atoms with van der Waals surface area (Å²) in [6.45, 7) is 2.72. The minimum Gasteiger partial charge on any atom is -0.486 e. The number of nitrogens with one attached hydrogen (secondary N) is 1. The third-order valence-electron chi connectivity index (χ3n) is 11.0. The fourth-order valence-corrected chi connectivity index (χ4v) is 8.33. The van der Waals surface area contributed by atoms with Crippen LogP contribution >= 0.6 is 11.6 Å². The zero-order chi connectivity index (χ0) is 41.8. The van der Waals surface area contributed by atoms with E-state index in [9.17, 15) is 27.6 Å². The molecule has 7 heterocycles. The fourth-order valence-electron chi connectivity index (χ4n) is 8.10. The van der Waals surface area contributed by atoms with E-state index in [1.165, 1.54) is 0 Å². The minimum atomic E-state index is -4.63. The lowest BCUT2D eigenvalue weighted by Gasteiger charge is -2.39. The molecule has 2 amide bonds. The van der Waals surface area contributed by atoms with E-state index in [0.717, 1.165) is 33.9 Å². The van der Waals surface area contributed by atoms with E-state index in [-0.39, 0.29) is 66.2 Å². The first-order valence-electron chi connectivity index (χ1n) is 19.3. The van der Waals surface area contributed by atoms with Crippen molar-refractivity contribution in [1.29, 1.82) is 0 Å². The SMILES string of the molecule is C[C@H]1OC2(CCN(C(=O)c3nc4ncccc4cc3OCc3ccccc3)CC2)c2c1n(CC(=O)Nc1ccc(C(F)(F)F)cc1Cl)c1nc(C3=CCOCC3)nn1c2=O. The molecule has 9 rings (SSSR count). The van der Waals surface area contributed by atoms with E-state index in [2.05, 4.69) is 20.4 Å². The van der Waals surface area contributed by atoms with Gasteiger partial charge >= 0.3 is 6.18 Å². The number of carbonyl (C=O) groups excluding carboxylic acids is 2. The average molecular weight is 841 g/mol. The largest absolute Gasteiger partial charge is 0.486 e. The summed E-state index contributed by atoms with van der Waals surface area (Å²) in [6, 6.07) is 17.6. The van der Waals surface area contributed by atoms with Crippen LogP contribution in [0.1, 0.15) is 71.0 Å². The Morgan fingerprint density at radius 2 is 1.85 bits per heavy atom. The topological polar surface area (TPSA) is 155 Å². The fraction of sp³-hybridized carbons (Fsp3) is 0.310. The number of anilines is 1. The van der Waals surface area contributed by atoms with E-state index in [0.29, 0.717) is 47.9 Å². The van der Waals surface area contributed by atoms with Crippen molar-refractivity contribution < 1.29 is 37.0 Å². The summed E-state index contributed by atoms with van der Waals surface area (Å²) in [5.74, 6) is -0.332. The van der Waals surface area contributed by atoms with Crippen molar-refractivity contribution in [2.75, 3.05) is 31.6 Å². The van der Waals surface area contributed by atoms with Gasteiger partial charge in [-0.1, -0.05) is 48.0 Å². The van der Waals surface area contributed by atoms with Gasteiger partial charge in [-0.3, -0.25) is 14.4 Å². The highest BCUT2D eigenvalue weighted by Gasteiger charge is 2.51. The maximum absolute atomic E-state index is 14.6. The lowest BCUT2D eigenvalue weighted by atomic mass is 9.85. The number of benzene rings is 2. The summed E-state index contributed by atoms with van der Waals surface area (Å²) in [7, 11) is 0. The summed E-state index contributed by atoms with van der Waals surface area (Å²) < 4.78 is 61.0. The first-order chi connectivity index (χ1) is 28.9. The molecular formula is C42H36ClF3N8O6. The normalized spacial score (nSPS) is 17.5. The number of nitrogens with zero attached hydrogens (tertiary/aromatic N) is 7. The Morgan fingerprint density at radius 1 is 1.05 bits per heavy atom. The van der Waals surface area contributed by atoms with Gasteiger partial charge in [-0.2, -0.15) is 22.7 Å². The quantitative estimate of drug-likeness (QED) is 0.174. The van der Waals surface area contributed by atoms with Crippen LogP contribution in [0.15, 0.2) is 83.8 Å². The van der Waals surface area contributed by atoms with Crippen LogP contribution in [0.5, 0.6) is 5.75 Å². The molecule has 1 N–H and O–H groups in total. The molecule has 3 aliphatic rings. The number of aromatic nitrogens is 6. The number of ether oxygens (including phenoxy) is 3. The molecule has 0 radical (unpaired) electrons. The number of alkyl halides is 3. The second-order valence-electron chi connectivity index (χ2n) is 14.8. The molecule has 308 valence electrons. The zero-order valence-electron chi connectivity index (χ0n) is 32.0. The molecule has 0 unspecified atom stereocenters. The molecule has 3 aliphatic heterocycles. The van der Waals surface area contributed by atoms with Gasteiger partial charge in [-0.15, -0.1) is 5.10 Å². The van der Waals surface area contributed by atoms with E-state index in [1.54, 1.807) is 34.7 Å². The Labute approximate surface area is 344 Å². The Hall–Kier alpha value is -6.17. The number of pyridine rings is 2. The third-order valence-corrected chi connectivity index (χ3v) is 11.3. The van der Waals surface area contributed by atoms with Gasteiger partial charge in [0.2, 0.25) is 11.7 Å². The molecule has 0 saturated carbocycles. The Morgan fingerprint density at radius 3 is 2.58 bits per heavy atom. The summed E-state index contributed by atoms with van der Waals surface area (Å²) in [5, 5.41) is 7.63. The molecule has 14 nitrogen and oxygen atoms in total. The summed E-state index contributed by atoms with van der Waals surface area (Å²) in [5.41, 5.74) is 0.238. The molecule has 1 saturated heterocycles. The number of hydrogen-bond acceptors (Lipinski definition) is 10. The Kier molecular flexibility index (Phi) is 10.1. The highest BCUT2D eigenvalue weighted by Crippen LogP contribution is 2.48. The second kappa shape index (κ2) is 15.5. The van der Waals surface area contributed by atoms with E-state index < -0.39 is 41.5 Å². The van der Waals surface area contributed by atoms with Crippen LogP contribution in [0.4, 0.5) is 18.9 Å². The van der Waals surface area contributed by atoms with Crippen LogP contribution in [0, 0.1) is 0 Å². The van der Waals surface area contributed by atoms with Crippen LogP contribution in [0.3, 0.4) is 0 Å². The molecule has 0 bridgehead atoms. The third kappa shape index (κ3) is 7.26. The molecule has 1 spiro atoms. The summed E-state index contributed by atoms with van der Waals surface area (Å²) in [6.07, 6.45) is -0.952. The summed E-state index contributed by atoms with van der Waals surface area (Å²) in [4.78, 5) is 58.0. The maximum Gasteiger partial charge on any atom is 0.416 e. The van der Waals surface area contributed by atoms with Gasteiger partial charge in [0.25, 0.3) is 11.5 Å². The number of rotatable bonds is 8. The van der Waals surface area contributed by atoms with Gasteiger partial charge in [0, 0.05) is 24.7 Å². The smallest absolute Gasteiger partial charge is 0.416 e. The molecule has 6 aromatic rings. The van der Waals surface area contributed by atoms with Gasteiger partial charge in [0.15, 0.2) is 22.9 Å². The lowest BCUT2D eigenvalue weighted by molar-refractivity contribution is -0.137. The number of piperidine rings is 1. The van der Waals surface area contributed by atoms with Crippen molar-refractivity contribution in [2.24, 2.45) is 0 Å². The molecular weight excluding hydrogens is 805 g/mol. The zero-order valence-corrected chi connectivity index (χ0v) is 32.8. The highest BCUT2D eigenvalue weighted by molar-refractivity contribution is 6.33. The number of fused-ring (bicyclic) bond motifs is 4. The molecule has 60 heavy (non-hydrogen) atoms. The monoisotopic (exact) mass is 840 g/mol. The van der Waals surface area contributed by atoms with Gasteiger partial charge in [0.05, 0.1) is 46.8 Å². The molecule has 2 aromatic carbocycles. The van der Waals surface area contributed by atoms with Crippen molar-refractivity contribution in [2.45, 2.75) is 57.2 Å². The van der Waals surface area contributed by atoms with Gasteiger partial charge < -0.3 is 29.0 Å². The number of likely N-dealkylation sites (tertiary alicyclic amines) is 1. The van der Waals surface area contributed by atoms with Gasteiger partial charge in [-0.05, 0) is 73.7 Å². The molecule has 4 aromatic heterocycles. The first-order valence-corrected chi connectivity index (χ1v) is 19.6. The van der Waals surface area contributed by atoms with Gasteiger partial charge in [0.1, 0.15) is 18.8 Å². The Bertz CT molecular complexity index is 2770. The van der Waals surface area contributed by atoms with Crippen molar-refractivity contribution in [1.82, 2.24) is 34.0 Å². The van der Waals surface area contributed by atoms with Crippen molar-refractivity contribution >= 4 is 51.5 Å². The van der Waals surface area contributed by atoms with Crippen molar-refractivity contribution in [3.8, 4) is 5.75 Å². The molecule has 1 fully saturated rings. The van der Waals surface area contributed by atoms with E-state index >= 15 is 0 Å². The maximum atomic E-state index is 14.6. The van der Waals surface area contributed by atoms with Crippen LogP contribution in [-0.4, -0.2) is 72.2 Å². The second-order valence-corrected chi connectivity index (χ2v) is 15.2. The first kappa shape index (κ1) is 39.3. The number of carbonyl (C=O) groups is 2. The van der Waals surface area contributed by atoms with Gasteiger partial charge in [-0.25, -0.2) is 9.97 Å². The minimum absolute atomic E-state index is 0.0268. The molecule has 1 atom stereocenters. The Balaban J connectivity index is 1.04. The van der Waals surface area contributed by atoms with E-state index in [4.69, 9.17) is 30.8 Å². The predicted octanol–water partition coefficient (Wildman–Crippen LogP) is 6.75. The highest BCUT2D eigenvalue weighted by atomic mass is 35.5. The number of amides is 2. The number of halogens is 4. The van der Waals surface area contributed by atoms with E-state index in [1.807, 2.05) is 42.5 Å². The summed E-state index contributed by atoms with van der Waals surface area (Å²) >= 11 is 6.18. The van der Waals surface area contributed by atoms with Crippen LogP contribution in [0.2, 0.25) is 5.02 Å². The van der Waals surface area contributed by atoms with Crippen molar-refractivity contribution in [3.63, 3.8) is 0 Å². The van der Waals surface area contributed by atoms with Crippen LogP contribution in [-0.2, 0) is 39.2 Å². The van der Waals surface area contributed by atoms with Crippen molar-refractivity contribution in [3.05, 3.63) is 128 Å². The molecule has 18 heteroatoms. The lowest BCUT2D eigenvalue weighted by Crippen LogP contribution is -2.47. The molecule has 0 aliphatic carbocycles. The number of hydrogen-bond donors (Lipinski definition) is 1. The van der Waals surface area contributed by atoms with Crippen LogP contribution < -0.4 is 15.6 Å². The average Bonchev–Trinajstić information content (AvgIpc) is 3.82. The predicted molar refractivity (Wildman–Crippen MR) is 212 cm³/mol.